The quantitative estimate of drug-likeness (QED) is 0.469. The van der Waals surface area contributed by atoms with Crippen molar-refractivity contribution in [3.63, 3.8) is 0 Å². The second kappa shape index (κ2) is 3.94. The number of hydrogen-bond donors (Lipinski definition) is 0. The Morgan fingerprint density at radius 3 is 2.67 bits per heavy atom. The topological polar surface area (TPSA) is 9.23 Å². The van der Waals surface area contributed by atoms with Crippen molar-refractivity contribution in [3.05, 3.63) is 24.0 Å². The summed E-state index contributed by atoms with van der Waals surface area (Å²) in [5.41, 5.74) is 1.35. The van der Waals surface area contributed by atoms with E-state index in [1.54, 1.807) is 0 Å². The standard InChI is InChI=1S/C10H18OSi/c1-12(2,3)11-9-10-7-5-4-6-8-10/h5,7,9H,4,6,8H2,1-3H3/b10-9-. The third-order valence-electron chi connectivity index (χ3n) is 1.73. The minimum atomic E-state index is -1.35. The largest absolute Gasteiger partial charge is 0.549 e. The highest BCUT2D eigenvalue weighted by atomic mass is 28.4. The van der Waals surface area contributed by atoms with Crippen LogP contribution in [0.4, 0.5) is 0 Å². The van der Waals surface area contributed by atoms with E-state index in [4.69, 9.17) is 4.43 Å². The molecule has 0 radical (unpaired) electrons. The Kier molecular flexibility index (Phi) is 3.15. The molecular weight excluding hydrogens is 164 g/mol. The summed E-state index contributed by atoms with van der Waals surface area (Å²) in [6.45, 7) is 6.61. The van der Waals surface area contributed by atoms with Crippen LogP contribution in [-0.4, -0.2) is 8.32 Å². The van der Waals surface area contributed by atoms with E-state index in [9.17, 15) is 0 Å². The van der Waals surface area contributed by atoms with Crippen LogP contribution in [0.2, 0.25) is 19.6 Å². The number of hydrogen-bond acceptors (Lipinski definition) is 1. The first-order valence-corrected chi connectivity index (χ1v) is 8.02. The molecule has 0 unspecified atom stereocenters. The summed E-state index contributed by atoms with van der Waals surface area (Å²) in [4.78, 5) is 0. The molecule has 0 aromatic rings. The molecule has 1 nitrogen and oxygen atoms in total. The zero-order chi connectivity index (χ0) is 9.03. The van der Waals surface area contributed by atoms with Crippen LogP contribution in [0.5, 0.6) is 0 Å². The molecule has 12 heavy (non-hydrogen) atoms. The van der Waals surface area contributed by atoms with Crippen LogP contribution in [0.1, 0.15) is 19.3 Å². The van der Waals surface area contributed by atoms with Gasteiger partial charge in [0.15, 0.2) is 0 Å². The van der Waals surface area contributed by atoms with Gasteiger partial charge in [0.1, 0.15) is 0 Å². The highest BCUT2D eigenvalue weighted by Crippen LogP contribution is 2.17. The summed E-state index contributed by atoms with van der Waals surface area (Å²) in [5, 5.41) is 0. The molecule has 2 heteroatoms. The van der Waals surface area contributed by atoms with Gasteiger partial charge in [-0.25, -0.2) is 0 Å². The van der Waals surface area contributed by atoms with Crippen LogP contribution in [-0.2, 0) is 4.43 Å². The van der Waals surface area contributed by atoms with Crippen LogP contribution >= 0.6 is 0 Å². The van der Waals surface area contributed by atoms with Crippen LogP contribution < -0.4 is 0 Å². The van der Waals surface area contributed by atoms with Gasteiger partial charge in [0.25, 0.3) is 0 Å². The van der Waals surface area contributed by atoms with Crippen molar-refractivity contribution in [2.75, 3.05) is 0 Å². The van der Waals surface area contributed by atoms with E-state index < -0.39 is 8.32 Å². The second-order valence-corrected chi connectivity index (χ2v) is 8.68. The van der Waals surface area contributed by atoms with Crippen LogP contribution in [0, 0.1) is 0 Å². The van der Waals surface area contributed by atoms with Crippen molar-refractivity contribution in [3.8, 4) is 0 Å². The fourth-order valence-electron chi connectivity index (χ4n) is 1.09. The Morgan fingerprint density at radius 2 is 2.17 bits per heavy atom. The molecule has 0 saturated carbocycles. The predicted octanol–water partition coefficient (Wildman–Crippen LogP) is 3.46. The van der Waals surface area contributed by atoms with E-state index >= 15 is 0 Å². The van der Waals surface area contributed by atoms with E-state index in [0.29, 0.717) is 0 Å². The molecule has 0 spiro atoms. The van der Waals surface area contributed by atoms with Crippen molar-refractivity contribution >= 4 is 8.32 Å². The SMILES string of the molecule is C[Si](C)(C)O/C=C1/C=CCCC1. The van der Waals surface area contributed by atoms with E-state index in [-0.39, 0.29) is 0 Å². The minimum Gasteiger partial charge on any atom is -0.549 e. The molecule has 0 aliphatic heterocycles. The fraction of sp³-hybridized carbons (Fsp3) is 0.600. The first kappa shape index (κ1) is 9.58. The van der Waals surface area contributed by atoms with Gasteiger partial charge in [-0.05, 0) is 44.5 Å². The highest BCUT2D eigenvalue weighted by molar-refractivity contribution is 6.69. The summed E-state index contributed by atoms with van der Waals surface area (Å²) in [7, 11) is -1.35. The van der Waals surface area contributed by atoms with Gasteiger partial charge in [-0.15, -0.1) is 0 Å². The molecule has 0 heterocycles. The Bertz CT molecular complexity index is 198. The normalized spacial score (nSPS) is 21.4. The molecule has 0 N–H and O–H groups in total. The maximum Gasteiger partial charge on any atom is 0.241 e. The number of rotatable bonds is 2. The molecular formula is C10H18OSi. The Morgan fingerprint density at radius 1 is 1.42 bits per heavy atom. The molecule has 0 aromatic heterocycles. The Hall–Kier alpha value is -0.503. The van der Waals surface area contributed by atoms with Gasteiger partial charge < -0.3 is 4.43 Å². The lowest BCUT2D eigenvalue weighted by molar-refractivity contribution is 0.471. The molecule has 0 atom stereocenters. The molecule has 68 valence electrons. The summed E-state index contributed by atoms with van der Waals surface area (Å²) in [6, 6.07) is 0. The van der Waals surface area contributed by atoms with E-state index in [0.717, 1.165) is 0 Å². The monoisotopic (exact) mass is 182 g/mol. The van der Waals surface area contributed by atoms with Gasteiger partial charge in [-0.1, -0.05) is 12.2 Å². The predicted molar refractivity (Wildman–Crippen MR) is 55.5 cm³/mol. The van der Waals surface area contributed by atoms with Gasteiger partial charge in [0.2, 0.25) is 8.32 Å². The second-order valence-electron chi connectivity index (χ2n) is 4.22. The summed E-state index contributed by atoms with van der Waals surface area (Å²) in [6.07, 6.45) is 10.1. The molecule has 1 rings (SSSR count). The maximum absolute atomic E-state index is 5.69. The van der Waals surface area contributed by atoms with Gasteiger partial charge >= 0.3 is 0 Å². The average Bonchev–Trinajstić information content (AvgIpc) is 2.02. The molecule has 0 saturated heterocycles. The lowest BCUT2D eigenvalue weighted by atomic mass is 10.0. The zero-order valence-corrected chi connectivity index (χ0v) is 9.26. The van der Waals surface area contributed by atoms with E-state index in [1.165, 1.54) is 24.8 Å². The van der Waals surface area contributed by atoms with Gasteiger partial charge in [0.05, 0.1) is 6.26 Å². The molecule has 1 aliphatic carbocycles. The Balaban J connectivity index is 2.46. The fourth-order valence-corrected chi connectivity index (χ4v) is 1.60. The third kappa shape index (κ3) is 3.76. The molecule has 0 bridgehead atoms. The van der Waals surface area contributed by atoms with Crippen molar-refractivity contribution < 1.29 is 4.43 Å². The molecule has 0 amide bonds. The maximum atomic E-state index is 5.69. The highest BCUT2D eigenvalue weighted by Gasteiger charge is 2.13. The number of allylic oxidation sites excluding steroid dienone is 3. The lowest BCUT2D eigenvalue weighted by Gasteiger charge is -2.17. The van der Waals surface area contributed by atoms with Crippen molar-refractivity contribution in [2.24, 2.45) is 0 Å². The minimum absolute atomic E-state index is 1.18. The molecule has 0 aromatic carbocycles. The van der Waals surface area contributed by atoms with E-state index in [1.807, 2.05) is 6.26 Å². The first-order valence-electron chi connectivity index (χ1n) is 4.61. The van der Waals surface area contributed by atoms with Crippen molar-refractivity contribution in [2.45, 2.75) is 38.9 Å². The van der Waals surface area contributed by atoms with Crippen LogP contribution in [0.15, 0.2) is 24.0 Å². The van der Waals surface area contributed by atoms with Crippen molar-refractivity contribution in [1.82, 2.24) is 0 Å². The van der Waals surface area contributed by atoms with Gasteiger partial charge in [0, 0.05) is 0 Å². The Labute approximate surface area is 76.3 Å². The summed E-state index contributed by atoms with van der Waals surface area (Å²) < 4.78 is 5.69. The first-order chi connectivity index (χ1) is 5.58. The summed E-state index contributed by atoms with van der Waals surface area (Å²) in [5.74, 6) is 0. The molecule has 0 fully saturated rings. The van der Waals surface area contributed by atoms with Gasteiger partial charge in [-0.3, -0.25) is 0 Å². The van der Waals surface area contributed by atoms with Crippen LogP contribution in [0.25, 0.3) is 0 Å². The van der Waals surface area contributed by atoms with Crippen LogP contribution in [0.3, 0.4) is 0 Å². The van der Waals surface area contributed by atoms with Crippen molar-refractivity contribution in [1.29, 1.82) is 0 Å². The zero-order valence-electron chi connectivity index (χ0n) is 8.26. The van der Waals surface area contributed by atoms with Gasteiger partial charge in [-0.2, -0.15) is 0 Å². The smallest absolute Gasteiger partial charge is 0.241 e. The lowest BCUT2D eigenvalue weighted by Crippen LogP contribution is -2.22. The summed E-state index contributed by atoms with van der Waals surface area (Å²) >= 11 is 0. The van der Waals surface area contributed by atoms with E-state index in [2.05, 4.69) is 31.8 Å². The molecule has 1 aliphatic rings. The average molecular weight is 182 g/mol. The third-order valence-corrected chi connectivity index (χ3v) is 2.56.